The monoisotopic (exact) mass is 495 g/mol. The molecule has 1 aromatic heterocycles. The van der Waals surface area contributed by atoms with Crippen LogP contribution in [0.1, 0.15) is 52.6 Å². The molecular formula is C18H29N3O7S3. The Bertz CT molecular complexity index is 1070. The molecular weight excluding hydrogens is 466 g/mol. The second kappa shape index (κ2) is 8.68. The summed E-state index contributed by atoms with van der Waals surface area (Å²) < 4.78 is 54.1. The number of ether oxygens (including phenoxy) is 1. The van der Waals surface area contributed by atoms with Crippen molar-refractivity contribution in [2.45, 2.75) is 66.4 Å². The zero-order valence-electron chi connectivity index (χ0n) is 18.4. The number of rotatable bonds is 5. The molecule has 0 spiro atoms. The molecule has 1 aromatic rings. The maximum absolute atomic E-state index is 13.0. The van der Waals surface area contributed by atoms with Crippen molar-refractivity contribution >= 4 is 43.2 Å². The van der Waals surface area contributed by atoms with Crippen molar-refractivity contribution in [2.75, 3.05) is 20.1 Å². The third-order valence-corrected chi connectivity index (χ3v) is 10.1. The van der Waals surface area contributed by atoms with E-state index in [9.17, 15) is 26.4 Å². The molecule has 2 unspecified atom stereocenters. The lowest BCUT2D eigenvalue weighted by atomic mass is 10.0. The smallest absolute Gasteiger partial charge is 0.410 e. The number of amides is 2. The van der Waals surface area contributed by atoms with E-state index in [-0.39, 0.29) is 33.5 Å². The normalized spacial score (nSPS) is 20.6. The van der Waals surface area contributed by atoms with E-state index in [1.54, 1.807) is 27.7 Å². The van der Waals surface area contributed by atoms with Crippen molar-refractivity contribution in [2.24, 2.45) is 5.14 Å². The number of hydrogen-bond donors (Lipinski definition) is 1. The first-order chi connectivity index (χ1) is 14.0. The van der Waals surface area contributed by atoms with E-state index in [2.05, 4.69) is 0 Å². The van der Waals surface area contributed by atoms with Gasteiger partial charge in [-0.15, -0.1) is 11.3 Å². The average Bonchev–Trinajstić information content (AvgIpc) is 3.05. The Balaban J connectivity index is 2.38. The van der Waals surface area contributed by atoms with E-state index in [0.29, 0.717) is 11.3 Å². The molecule has 13 heteroatoms. The molecule has 2 atom stereocenters. The van der Waals surface area contributed by atoms with E-state index in [4.69, 9.17) is 9.88 Å². The third-order valence-electron chi connectivity index (χ3n) is 4.80. The van der Waals surface area contributed by atoms with E-state index in [1.165, 1.54) is 24.9 Å². The molecule has 2 amide bonds. The van der Waals surface area contributed by atoms with Gasteiger partial charge in [0.05, 0.1) is 11.3 Å². The van der Waals surface area contributed by atoms with Gasteiger partial charge in [-0.2, -0.15) is 0 Å². The van der Waals surface area contributed by atoms with Crippen molar-refractivity contribution in [3.05, 3.63) is 11.6 Å². The van der Waals surface area contributed by atoms with E-state index >= 15 is 0 Å². The number of fused-ring (bicyclic) bond motifs is 1. The van der Waals surface area contributed by atoms with Crippen LogP contribution in [0.3, 0.4) is 0 Å². The van der Waals surface area contributed by atoms with Crippen LogP contribution >= 0.6 is 11.3 Å². The topological polar surface area (TPSA) is 144 Å². The molecule has 2 N–H and O–H groups in total. The summed E-state index contributed by atoms with van der Waals surface area (Å²) in [7, 11) is -6.42. The second-order valence-corrected chi connectivity index (χ2v) is 13.9. The Morgan fingerprint density at radius 2 is 1.90 bits per heavy atom. The van der Waals surface area contributed by atoms with Crippen LogP contribution in [-0.4, -0.2) is 69.6 Å². The molecule has 10 nitrogen and oxygen atoms in total. The largest absolute Gasteiger partial charge is 0.444 e. The predicted octanol–water partition coefficient (Wildman–Crippen LogP) is 1.72. The van der Waals surface area contributed by atoms with Gasteiger partial charge in [0.15, 0.2) is 9.84 Å². The molecule has 31 heavy (non-hydrogen) atoms. The number of carbonyl (C=O) groups excluding carboxylic acids is 2. The van der Waals surface area contributed by atoms with Gasteiger partial charge in [0.2, 0.25) is 15.9 Å². The van der Waals surface area contributed by atoms with Gasteiger partial charge in [0, 0.05) is 19.2 Å². The summed E-state index contributed by atoms with van der Waals surface area (Å²) in [6.07, 6.45) is -0.560. The standard InChI is InChI=1S/C18H29N3O7S3/c1-7-21(14(22)10-20(6)17(23)28-18(3,4)5)13-8-11(2)30(24,25)16-12(13)9-15(29-16)31(19,26)27/h9,11,13H,7-8,10H2,1-6H3,(H2,19,26,27). The van der Waals surface area contributed by atoms with Gasteiger partial charge in [0.25, 0.3) is 0 Å². The summed E-state index contributed by atoms with van der Waals surface area (Å²) in [5.74, 6) is -0.415. The zero-order chi connectivity index (χ0) is 23.9. The van der Waals surface area contributed by atoms with Crippen LogP contribution in [0.25, 0.3) is 0 Å². The van der Waals surface area contributed by atoms with Gasteiger partial charge in [0.1, 0.15) is 20.6 Å². The van der Waals surface area contributed by atoms with Crippen LogP contribution in [0.4, 0.5) is 4.79 Å². The molecule has 0 aromatic carbocycles. The van der Waals surface area contributed by atoms with Gasteiger partial charge in [-0.05, 0) is 47.1 Å². The number of primary sulfonamides is 1. The molecule has 2 heterocycles. The number of sulfone groups is 1. The van der Waals surface area contributed by atoms with Crippen molar-refractivity contribution in [1.29, 1.82) is 0 Å². The maximum Gasteiger partial charge on any atom is 0.410 e. The average molecular weight is 496 g/mol. The molecule has 1 aliphatic heterocycles. The molecule has 0 bridgehead atoms. The highest BCUT2D eigenvalue weighted by Gasteiger charge is 2.42. The van der Waals surface area contributed by atoms with Crippen molar-refractivity contribution in [3.63, 3.8) is 0 Å². The van der Waals surface area contributed by atoms with Crippen LogP contribution in [0.2, 0.25) is 0 Å². The fourth-order valence-corrected chi connectivity index (χ4v) is 7.67. The number of nitrogens with zero attached hydrogens (tertiary/aromatic N) is 2. The SMILES string of the molecule is CCN(C(=O)CN(C)C(=O)OC(C)(C)C)C1CC(C)S(=O)(=O)c2sc(S(N)(=O)=O)cc21. The van der Waals surface area contributed by atoms with E-state index in [1.807, 2.05) is 0 Å². The Labute approximate surface area is 187 Å². The second-order valence-electron chi connectivity index (χ2n) is 8.48. The lowest BCUT2D eigenvalue weighted by Crippen LogP contribution is -2.46. The van der Waals surface area contributed by atoms with Crippen LogP contribution in [0.15, 0.2) is 14.5 Å². The fourth-order valence-electron chi connectivity index (χ4n) is 3.28. The first kappa shape index (κ1) is 25.6. The summed E-state index contributed by atoms with van der Waals surface area (Å²) in [6, 6.07) is 0.571. The van der Waals surface area contributed by atoms with Crippen molar-refractivity contribution < 1.29 is 31.2 Å². The number of likely N-dealkylation sites (N-methyl/N-ethyl adjacent to an activating group) is 2. The molecule has 1 aliphatic rings. The van der Waals surface area contributed by atoms with Gasteiger partial charge >= 0.3 is 6.09 Å². The lowest BCUT2D eigenvalue weighted by Gasteiger charge is -2.36. The highest BCUT2D eigenvalue weighted by atomic mass is 32.3. The van der Waals surface area contributed by atoms with Crippen LogP contribution in [0.5, 0.6) is 0 Å². The molecule has 0 fully saturated rings. The maximum atomic E-state index is 13.0. The zero-order valence-corrected chi connectivity index (χ0v) is 20.9. The minimum Gasteiger partial charge on any atom is -0.444 e. The Hall–Kier alpha value is -1.70. The summed E-state index contributed by atoms with van der Waals surface area (Å²) in [4.78, 5) is 27.8. The minimum absolute atomic E-state index is 0.0907. The number of thiophene rings is 1. The first-order valence-corrected chi connectivity index (χ1v) is 13.5. The summed E-state index contributed by atoms with van der Waals surface area (Å²) in [5.41, 5.74) is -0.482. The molecule has 176 valence electrons. The quantitative estimate of drug-likeness (QED) is 0.655. The molecule has 0 aliphatic carbocycles. The Morgan fingerprint density at radius 1 is 1.32 bits per heavy atom. The van der Waals surface area contributed by atoms with Crippen molar-refractivity contribution in [1.82, 2.24) is 9.80 Å². The summed E-state index contributed by atoms with van der Waals surface area (Å²) in [5, 5.41) is 4.39. The number of nitrogens with two attached hydrogens (primary N) is 1. The minimum atomic E-state index is -4.11. The molecule has 0 saturated carbocycles. The Kier molecular flexibility index (Phi) is 7.16. The van der Waals surface area contributed by atoms with Gasteiger partial charge < -0.3 is 14.5 Å². The number of carbonyl (C=O) groups is 2. The lowest BCUT2D eigenvalue weighted by molar-refractivity contribution is -0.134. The predicted molar refractivity (Wildman–Crippen MR) is 116 cm³/mol. The molecule has 0 saturated heterocycles. The van der Waals surface area contributed by atoms with Crippen LogP contribution < -0.4 is 5.14 Å². The van der Waals surface area contributed by atoms with E-state index < -0.39 is 48.8 Å². The van der Waals surface area contributed by atoms with Crippen molar-refractivity contribution in [3.8, 4) is 0 Å². The highest BCUT2D eigenvalue weighted by molar-refractivity contribution is 7.95. The number of sulfonamides is 1. The van der Waals surface area contributed by atoms with Gasteiger partial charge in [-0.1, -0.05) is 0 Å². The fraction of sp³-hybridized carbons (Fsp3) is 0.667. The van der Waals surface area contributed by atoms with Gasteiger partial charge in [-0.25, -0.2) is 26.8 Å². The summed E-state index contributed by atoms with van der Waals surface area (Å²) >= 11 is 0.598. The highest BCUT2D eigenvalue weighted by Crippen LogP contribution is 2.45. The molecule has 2 rings (SSSR count). The first-order valence-electron chi connectivity index (χ1n) is 9.63. The van der Waals surface area contributed by atoms with Gasteiger partial charge in [-0.3, -0.25) is 4.79 Å². The van der Waals surface area contributed by atoms with Crippen LogP contribution in [0, 0.1) is 0 Å². The third kappa shape index (κ3) is 5.57. The Morgan fingerprint density at radius 3 is 2.39 bits per heavy atom. The number of hydrogen-bond acceptors (Lipinski definition) is 8. The summed E-state index contributed by atoms with van der Waals surface area (Å²) in [6.45, 7) is 8.34. The van der Waals surface area contributed by atoms with E-state index in [0.717, 1.165) is 4.90 Å². The molecule has 0 radical (unpaired) electrons. The van der Waals surface area contributed by atoms with Crippen LogP contribution in [-0.2, 0) is 29.4 Å².